The van der Waals surface area contributed by atoms with Crippen LogP contribution in [-0.4, -0.2) is 10.2 Å². The van der Waals surface area contributed by atoms with Gasteiger partial charge in [-0.1, -0.05) is 18.2 Å². The molecule has 0 atom stereocenters. The predicted octanol–water partition coefficient (Wildman–Crippen LogP) is 4.19. The number of benzene rings is 1. The Morgan fingerprint density at radius 2 is 1.95 bits per heavy atom. The molecule has 0 saturated heterocycles. The third-order valence-corrected chi connectivity index (χ3v) is 3.61. The van der Waals surface area contributed by atoms with Crippen LogP contribution in [0.3, 0.4) is 0 Å². The Morgan fingerprint density at radius 1 is 1.15 bits per heavy atom. The molecule has 3 aromatic rings. The largest absolute Gasteiger partial charge is 0.443 e. The Kier molecular flexibility index (Phi) is 3.03. The summed E-state index contributed by atoms with van der Waals surface area (Å²) >= 11 is 5.83. The molecule has 0 radical (unpaired) electrons. The van der Waals surface area contributed by atoms with Crippen LogP contribution in [0.1, 0.15) is 11.1 Å². The molecule has 0 aliphatic rings. The Labute approximate surface area is 121 Å². The number of hydrogen-bond acceptors (Lipinski definition) is 3. The summed E-state index contributed by atoms with van der Waals surface area (Å²) in [6.07, 6.45) is 0. The minimum atomic E-state index is 0.333. The van der Waals surface area contributed by atoms with Gasteiger partial charge >= 0.3 is 0 Å². The molecule has 0 amide bonds. The van der Waals surface area contributed by atoms with Gasteiger partial charge in [0.05, 0.1) is 5.56 Å². The first-order valence-electron chi connectivity index (χ1n) is 6.23. The molecule has 4 nitrogen and oxygen atoms in total. The number of nitrogens with one attached hydrogen (secondary N) is 1. The van der Waals surface area contributed by atoms with Gasteiger partial charge in [0.1, 0.15) is 5.69 Å². The minimum Gasteiger partial charge on any atom is -0.443 e. The van der Waals surface area contributed by atoms with Gasteiger partial charge in [0.2, 0.25) is 0 Å². The van der Waals surface area contributed by atoms with Crippen molar-refractivity contribution in [3.8, 4) is 22.6 Å². The van der Waals surface area contributed by atoms with E-state index in [0.717, 1.165) is 16.8 Å². The summed E-state index contributed by atoms with van der Waals surface area (Å²) in [5.41, 5.74) is 11.0. The molecule has 0 bridgehead atoms. The fraction of sp³-hybridized carbons (Fsp3) is 0.133. The first-order chi connectivity index (χ1) is 9.56. The average molecular weight is 288 g/mol. The van der Waals surface area contributed by atoms with Crippen LogP contribution >= 0.6 is 11.6 Å². The maximum atomic E-state index is 5.99. The zero-order valence-electron chi connectivity index (χ0n) is 11.2. The number of nitrogens with zero attached hydrogens (tertiary/aromatic N) is 1. The number of aromatic amines is 1. The molecule has 0 unspecified atom stereocenters. The van der Waals surface area contributed by atoms with Gasteiger partial charge in [0.25, 0.3) is 0 Å². The van der Waals surface area contributed by atoms with Gasteiger partial charge in [0.15, 0.2) is 16.8 Å². The SMILES string of the molecule is Cc1ccc(-c2c(N)n[nH]c2-c2ccc(Cl)o2)cc1C. The van der Waals surface area contributed by atoms with Gasteiger partial charge < -0.3 is 10.2 Å². The van der Waals surface area contributed by atoms with Crippen LogP contribution in [0.2, 0.25) is 5.22 Å². The van der Waals surface area contributed by atoms with Gasteiger partial charge in [-0.05, 0) is 54.3 Å². The molecule has 0 spiro atoms. The normalized spacial score (nSPS) is 10.9. The number of anilines is 1. The second-order valence-electron chi connectivity index (χ2n) is 4.76. The van der Waals surface area contributed by atoms with E-state index in [2.05, 4.69) is 36.2 Å². The quantitative estimate of drug-likeness (QED) is 0.742. The molecule has 20 heavy (non-hydrogen) atoms. The molecule has 1 aromatic carbocycles. The highest BCUT2D eigenvalue weighted by molar-refractivity contribution is 6.29. The lowest BCUT2D eigenvalue weighted by atomic mass is 9.99. The minimum absolute atomic E-state index is 0.333. The maximum Gasteiger partial charge on any atom is 0.194 e. The number of nitrogens with two attached hydrogens (primary N) is 1. The highest BCUT2D eigenvalue weighted by atomic mass is 35.5. The van der Waals surface area contributed by atoms with E-state index in [1.165, 1.54) is 11.1 Å². The molecule has 3 rings (SSSR count). The van der Waals surface area contributed by atoms with Crippen molar-refractivity contribution >= 4 is 17.4 Å². The number of rotatable bonds is 2. The Morgan fingerprint density at radius 3 is 2.60 bits per heavy atom. The summed E-state index contributed by atoms with van der Waals surface area (Å²) in [6, 6.07) is 9.66. The van der Waals surface area contributed by atoms with E-state index in [1.807, 2.05) is 6.07 Å². The fourth-order valence-corrected chi connectivity index (χ4v) is 2.32. The summed E-state index contributed by atoms with van der Waals surface area (Å²) in [5, 5.41) is 7.32. The van der Waals surface area contributed by atoms with Crippen molar-refractivity contribution in [1.29, 1.82) is 0 Å². The van der Waals surface area contributed by atoms with Crippen molar-refractivity contribution in [1.82, 2.24) is 10.2 Å². The highest BCUT2D eigenvalue weighted by Crippen LogP contribution is 2.36. The molecule has 102 valence electrons. The van der Waals surface area contributed by atoms with Crippen molar-refractivity contribution in [3.63, 3.8) is 0 Å². The molecule has 0 aliphatic heterocycles. The lowest BCUT2D eigenvalue weighted by molar-refractivity contribution is 0.582. The molecule has 2 aromatic heterocycles. The zero-order chi connectivity index (χ0) is 14.3. The smallest absolute Gasteiger partial charge is 0.194 e. The Bertz CT molecular complexity index is 773. The van der Waals surface area contributed by atoms with Crippen molar-refractivity contribution in [3.05, 3.63) is 46.7 Å². The molecule has 5 heteroatoms. The fourth-order valence-electron chi connectivity index (χ4n) is 2.17. The standard InChI is InChI=1S/C15H14ClN3O/c1-8-3-4-10(7-9(8)2)13-14(18-19-15(13)17)11-5-6-12(16)20-11/h3-7H,1-2H3,(H3,17,18,19). The lowest BCUT2D eigenvalue weighted by Crippen LogP contribution is -1.90. The summed E-state index contributed by atoms with van der Waals surface area (Å²) in [6.45, 7) is 4.14. The Hall–Kier alpha value is -2.20. The number of hydrogen-bond donors (Lipinski definition) is 2. The topological polar surface area (TPSA) is 67.8 Å². The van der Waals surface area contributed by atoms with Gasteiger partial charge in [-0.15, -0.1) is 0 Å². The molecule has 0 saturated carbocycles. The van der Waals surface area contributed by atoms with Crippen LogP contribution in [0, 0.1) is 13.8 Å². The third-order valence-electron chi connectivity index (χ3n) is 3.41. The number of aromatic nitrogens is 2. The molecular weight excluding hydrogens is 274 g/mol. The van der Waals surface area contributed by atoms with Crippen LogP contribution in [0.4, 0.5) is 5.82 Å². The summed E-state index contributed by atoms with van der Waals surface area (Å²) < 4.78 is 5.44. The monoisotopic (exact) mass is 287 g/mol. The van der Waals surface area contributed by atoms with E-state index in [0.29, 0.717) is 16.8 Å². The zero-order valence-corrected chi connectivity index (χ0v) is 12.0. The summed E-state index contributed by atoms with van der Waals surface area (Å²) in [7, 11) is 0. The van der Waals surface area contributed by atoms with Gasteiger partial charge in [-0.3, -0.25) is 5.10 Å². The number of H-pyrrole nitrogens is 1. The predicted molar refractivity (Wildman–Crippen MR) is 80.6 cm³/mol. The van der Waals surface area contributed by atoms with E-state index < -0.39 is 0 Å². The first-order valence-corrected chi connectivity index (χ1v) is 6.61. The van der Waals surface area contributed by atoms with E-state index in [4.69, 9.17) is 21.8 Å². The Balaban J connectivity index is 2.18. The lowest BCUT2D eigenvalue weighted by Gasteiger charge is -2.06. The second kappa shape index (κ2) is 4.72. The van der Waals surface area contributed by atoms with E-state index in [-0.39, 0.29) is 0 Å². The van der Waals surface area contributed by atoms with Crippen LogP contribution in [0.5, 0.6) is 0 Å². The van der Waals surface area contributed by atoms with Gasteiger partial charge in [-0.25, -0.2) is 0 Å². The van der Waals surface area contributed by atoms with E-state index >= 15 is 0 Å². The van der Waals surface area contributed by atoms with Crippen LogP contribution in [0.15, 0.2) is 34.7 Å². The van der Waals surface area contributed by atoms with Gasteiger partial charge in [-0.2, -0.15) is 5.10 Å². The van der Waals surface area contributed by atoms with Crippen LogP contribution < -0.4 is 5.73 Å². The maximum absolute atomic E-state index is 5.99. The molecule has 3 N–H and O–H groups in total. The van der Waals surface area contributed by atoms with Crippen molar-refractivity contribution < 1.29 is 4.42 Å². The number of furan rings is 1. The molecule has 0 aliphatic carbocycles. The molecule has 0 fully saturated rings. The number of nitrogen functional groups attached to an aromatic ring is 1. The first kappa shape index (κ1) is 12.8. The molecular formula is C15H14ClN3O. The van der Waals surface area contributed by atoms with Crippen LogP contribution in [0.25, 0.3) is 22.6 Å². The summed E-state index contributed by atoms with van der Waals surface area (Å²) in [4.78, 5) is 0. The van der Waals surface area contributed by atoms with Crippen LogP contribution in [-0.2, 0) is 0 Å². The summed E-state index contributed by atoms with van der Waals surface area (Å²) in [5.74, 6) is 1.06. The van der Waals surface area contributed by atoms with Crippen molar-refractivity contribution in [2.24, 2.45) is 0 Å². The van der Waals surface area contributed by atoms with E-state index in [1.54, 1.807) is 12.1 Å². The van der Waals surface area contributed by atoms with Gasteiger partial charge in [0, 0.05) is 0 Å². The highest BCUT2D eigenvalue weighted by Gasteiger charge is 2.17. The third kappa shape index (κ3) is 2.08. The van der Waals surface area contributed by atoms with E-state index in [9.17, 15) is 0 Å². The average Bonchev–Trinajstić information content (AvgIpc) is 2.99. The molecule has 2 heterocycles. The number of aryl methyl sites for hydroxylation is 2. The number of halogens is 1. The van der Waals surface area contributed by atoms with Crippen molar-refractivity contribution in [2.75, 3.05) is 5.73 Å². The van der Waals surface area contributed by atoms with Crippen molar-refractivity contribution in [2.45, 2.75) is 13.8 Å². The second-order valence-corrected chi connectivity index (χ2v) is 5.13.